The first-order valence-corrected chi connectivity index (χ1v) is 8.29. The summed E-state index contributed by atoms with van der Waals surface area (Å²) in [6.07, 6.45) is 0.567. The molecular formula is C18H18BrNO3. The lowest BCUT2D eigenvalue weighted by Crippen LogP contribution is -2.31. The Bertz CT molecular complexity index is 690. The normalized spacial score (nSPS) is 20.3. The zero-order chi connectivity index (χ0) is 16.2. The second-order valence-corrected chi connectivity index (χ2v) is 6.33. The first kappa shape index (κ1) is 16.0. The predicted octanol–water partition coefficient (Wildman–Crippen LogP) is 3.40. The number of methoxy groups -OCH3 is 1. The Morgan fingerprint density at radius 3 is 2.65 bits per heavy atom. The van der Waals surface area contributed by atoms with Gasteiger partial charge in [0, 0.05) is 13.0 Å². The van der Waals surface area contributed by atoms with Gasteiger partial charge in [-0.3, -0.25) is 4.79 Å². The molecule has 1 heterocycles. The molecule has 1 aliphatic heterocycles. The third-order valence-corrected chi connectivity index (χ3v) is 4.53. The molecule has 0 bridgehead atoms. The SMILES string of the molecule is COC(=O)[C@@H]1C[C@@H](Oc2ccc(-c3ccccc3)cc2Br)CN1. The molecule has 0 radical (unpaired) electrons. The third-order valence-electron chi connectivity index (χ3n) is 3.91. The van der Waals surface area contributed by atoms with Crippen molar-refractivity contribution in [3.05, 3.63) is 53.0 Å². The number of hydrogen-bond donors (Lipinski definition) is 1. The minimum Gasteiger partial charge on any atom is -0.488 e. The number of hydrogen-bond acceptors (Lipinski definition) is 4. The first-order valence-electron chi connectivity index (χ1n) is 7.50. The van der Waals surface area contributed by atoms with Gasteiger partial charge in [-0.25, -0.2) is 0 Å². The summed E-state index contributed by atoms with van der Waals surface area (Å²) in [7, 11) is 1.40. The van der Waals surface area contributed by atoms with E-state index >= 15 is 0 Å². The van der Waals surface area contributed by atoms with Crippen LogP contribution in [0.15, 0.2) is 53.0 Å². The van der Waals surface area contributed by atoms with Crippen LogP contribution in [-0.4, -0.2) is 31.8 Å². The van der Waals surface area contributed by atoms with Crippen LogP contribution in [0.3, 0.4) is 0 Å². The van der Waals surface area contributed by atoms with Crippen molar-refractivity contribution in [3.63, 3.8) is 0 Å². The Labute approximate surface area is 143 Å². The molecular weight excluding hydrogens is 358 g/mol. The summed E-state index contributed by atoms with van der Waals surface area (Å²) in [4.78, 5) is 11.5. The van der Waals surface area contributed by atoms with E-state index in [2.05, 4.69) is 33.4 Å². The van der Waals surface area contributed by atoms with Crippen LogP contribution in [0.4, 0.5) is 0 Å². The van der Waals surface area contributed by atoms with Gasteiger partial charge < -0.3 is 14.8 Å². The number of esters is 1. The van der Waals surface area contributed by atoms with Crippen molar-refractivity contribution < 1.29 is 14.3 Å². The molecule has 0 aromatic heterocycles. The summed E-state index contributed by atoms with van der Waals surface area (Å²) in [6.45, 7) is 0.632. The molecule has 2 atom stereocenters. The maximum absolute atomic E-state index is 11.5. The number of rotatable bonds is 4. The van der Waals surface area contributed by atoms with Crippen LogP contribution in [-0.2, 0) is 9.53 Å². The first-order chi connectivity index (χ1) is 11.2. The average Bonchev–Trinajstić information content (AvgIpc) is 3.05. The van der Waals surface area contributed by atoms with Gasteiger partial charge in [-0.1, -0.05) is 36.4 Å². The van der Waals surface area contributed by atoms with Crippen molar-refractivity contribution in [1.29, 1.82) is 0 Å². The van der Waals surface area contributed by atoms with Crippen LogP contribution in [0.25, 0.3) is 11.1 Å². The third kappa shape index (κ3) is 3.74. The van der Waals surface area contributed by atoms with Crippen LogP contribution in [0.5, 0.6) is 5.75 Å². The van der Waals surface area contributed by atoms with E-state index in [1.165, 1.54) is 7.11 Å². The predicted molar refractivity (Wildman–Crippen MR) is 92.4 cm³/mol. The van der Waals surface area contributed by atoms with E-state index in [0.717, 1.165) is 21.3 Å². The van der Waals surface area contributed by atoms with Gasteiger partial charge in [-0.15, -0.1) is 0 Å². The van der Waals surface area contributed by atoms with Crippen molar-refractivity contribution >= 4 is 21.9 Å². The average molecular weight is 376 g/mol. The van der Waals surface area contributed by atoms with Crippen LogP contribution in [0.2, 0.25) is 0 Å². The Hall–Kier alpha value is -1.85. The van der Waals surface area contributed by atoms with E-state index in [0.29, 0.717) is 13.0 Å². The number of benzene rings is 2. The highest BCUT2D eigenvalue weighted by Gasteiger charge is 2.31. The largest absolute Gasteiger partial charge is 0.488 e. The summed E-state index contributed by atoms with van der Waals surface area (Å²) < 4.78 is 11.7. The van der Waals surface area contributed by atoms with E-state index in [1.54, 1.807) is 0 Å². The Kier molecular flexibility index (Phi) is 4.98. The van der Waals surface area contributed by atoms with Crippen LogP contribution < -0.4 is 10.1 Å². The zero-order valence-electron chi connectivity index (χ0n) is 12.8. The molecule has 23 heavy (non-hydrogen) atoms. The van der Waals surface area contributed by atoms with Gasteiger partial charge in [0.15, 0.2) is 0 Å². The highest BCUT2D eigenvalue weighted by molar-refractivity contribution is 9.10. The summed E-state index contributed by atoms with van der Waals surface area (Å²) >= 11 is 3.57. The second-order valence-electron chi connectivity index (χ2n) is 5.47. The molecule has 4 nitrogen and oxygen atoms in total. The van der Waals surface area contributed by atoms with E-state index in [9.17, 15) is 4.79 Å². The topological polar surface area (TPSA) is 47.6 Å². The van der Waals surface area contributed by atoms with E-state index < -0.39 is 0 Å². The minimum atomic E-state index is -0.285. The number of carbonyl (C=O) groups excluding carboxylic acids is 1. The van der Waals surface area contributed by atoms with Crippen LogP contribution >= 0.6 is 15.9 Å². The molecule has 1 fully saturated rings. The lowest BCUT2D eigenvalue weighted by atomic mass is 10.1. The highest BCUT2D eigenvalue weighted by Crippen LogP contribution is 2.32. The van der Waals surface area contributed by atoms with E-state index in [4.69, 9.17) is 9.47 Å². The molecule has 1 saturated heterocycles. The van der Waals surface area contributed by atoms with Crippen molar-refractivity contribution in [1.82, 2.24) is 5.32 Å². The molecule has 0 aliphatic carbocycles. The summed E-state index contributed by atoms with van der Waals surface area (Å²) in [5.74, 6) is 0.539. The summed E-state index contributed by atoms with van der Waals surface area (Å²) in [5.41, 5.74) is 2.29. The Morgan fingerprint density at radius 2 is 1.96 bits per heavy atom. The van der Waals surface area contributed by atoms with E-state index in [1.807, 2.05) is 36.4 Å². The van der Waals surface area contributed by atoms with Crippen molar-refractivity contribution in [2.75, 3.05) is 13.7 Å². The van der Waals surface area contributed by atoms with Crippen molar-refractivity contribution in [2.45, 2.75) is 18.6 Å². The maximum atomic E-state index is 11.5. The molecule has 1 N–H and O–H groups in total. The quantitative estimate of drug-likeness (QED) is 0.831. The van der Waals surface area contributed by atoms with Gasteiger partial charge in [0.1, 0.15) is 17.9 Å². The van der Waals surface area contributed by atoms with Gasteiger partial charge in [0.2, 0.25) is 0 Å². The molecule has 2 aromatic rings. The molecule has 0 unspecified atom stereocenters. The van der Waals surface area contributed by atoms with Crippen LogP contribution in [0, 0.1) is 0 Å². The van der Waals surface area contributed by atoms with Crippen molar-refractivity contribution in [2.24, 2.45) is 0 Å². The number of carbonyl (C=O) groups is 1. The van der Waals surface area contributed by atoms with Gasteiger partial charge in [-0.05, 0) is 39.2 Å². The van der Waals surface area contributed by atoms with Crippen molar-refractivity contribution in [3.8, 4) is 16.9 Å². The molecule has 0 saturated carbocycles. The molecule has 0 amide bonds. The Balaban J connectivity index is 1.69. The lowest BCUT2D eigenvalue weighted by Gasteiger charge is -2.15. The highest BCUT2D eigenvalue weighted by atomic mass is 79.9. The molecule has 5 heteroatoms. The minimum absolute atomic E-state index is 0.0435. The van der Waals surface area contributed by atoms with Gasteiger partial charge in [0.25, 0.3) is 0 Å². The fourth-order valence-corrected chi connectivity index (χ4v) is 3.17. The maximum Gasteiger partial charge on any atom is 0.323 e. The Morgan fingerprint density at radius 1 is 1.17 bits per heavy atom. The number of nitrogens with one attached hydrogen (secondary N) is 1. The summed E-state index contributed by atoms with van der Waals surface area (Å²) in [6, 6.07) is 15.9. The lowest BCUT2D eigenvalue weighted by molar-refractivity contribution is -0.142. The molecule has 3 rings (SSSR count). The second kappa shape index (κ2) is 7.15. The number of halogens is 1. The summed E-state index contributed by atoms with van der Waals surface area (Å²) in [5, 5.41) is 3.12. The fraction of sp³-hybridized carbons (Fsp3) is 0.278. The molecule has 0 spiro atoms. The van der Waals surface area contributed by atoms with Crippen LogP contribution in [0.1, 0.15) is 6.42 Å². The molecule has 120 valence electrons. The number of ether oxygens (including phenoxy) is 2. The molecule has 1 aliphatic rings. The fourth-order valence-electron chi connectivity index (χ4n) is 2.70. The zero-order valence-corrected chi connectivity index (χ0v) is 14.4. The smallest absolute Gasteiger partial charge is 0.323 e. The van der Waals surface area contributed by atoms with Gasteiger partial charge in [-0.2, -0.15) is 0 Å². The monoisotopic (exact) mass is 375 g/mol. The standard InChI is InChI=1S/C18H18BrNO3/c1-22-18(21)16-10-14(11-20-16)23-17-8-7-13(9-15(17)19)12-5-3-2-4-6-12/h2-9,14,16,20H,10-11H2,1H3/t14-,16+/m1/s1. The molecule has 2 aromatic carbocycles. The van der Waals surface area contributed by atoms with Gasteiger partial charge >= 0.3 is 5.97 Å². The van der Waals surface area contributed by atoms with E-state index in [-0.39, 0.29) is 18.1 Å². The van der Waals surface area contributed by atoms with Gasteiger partial charge in [0.05, 0.1) is 11.6 Å².